The van der Waals surface area contributed by atoms with Crippen LogP contribution < -0.4 is 15.0 Å². The Balaban J connectivity index is 2.05. The molecule has 104 valence electrons. The Morgan fingerprint density at radius 1 is 1.15 bits per heavy atom. The molecule has 1 aromatic carbocycles. The molecule has 0 fully saturated rings. The van der Waals surface area contributed by atoms with Crippen molar-refractivity contribution in [2.45, 2.75) is 6.92 Å². The fourth-order valence-corrected chi connectivity index (χ4v) is 1.66. The number of aryl methyl sites for hydroxylation is 1. The van der Waals surface area contributed by atoms with E-state index in [0.29, 0.717) is 11.4 Å². The largest absolute Gasteiger partial charge is 0.417 e. The Labute approximate surface area is 118 Å². The molecule has 1 aromatic heterocycles. The van der Waals surface area contributed by atoms with Gasteiger partial charge in [0.1, 0.15) is 11.6 Å². The van der Waals surface area contributed by atoms with E-state index in [9.17, 15) is 4.79 Å². The van der Waals surface area contributed by atoms with Gasteiger partial charge in [0.25, 0.3) is 0 Å². The number of hydrogen-bond acceptors (Lipinski definition) is 4. The first kappa shape index (κ1) is 13.9. The van der Waals surface area contributed by atoms with Crippen LogP contribution in [0.2, 0.25) is 0 Å². The molecule has 2 aromatic rings. The number of carbonyl (C=O) groups is 1. The second-order valence-corrected chi connectivity index (χ2v) is 4.52. The third-order valence-electron chi connectivity index (χ3n) is 2.72. The lowest BCUT2D eigenvalue weighted by molar-refractivity contribution is 0.215. The molecule has 1 heterocycles. The molecule has 0 aliphatic rings. The highest BCUT2D eigenvalue weighted by Gasteiger charge is 2.08. The first-order chi connectivity index (χ1) is 9.56. The average Bonchev–Trinajstić information content (AvgIpc) is 2.42. The molecule has 1 amide bonds. The standard InChI is InChI=1S/C15H17N3O2/c1-11-13(9-10-14(16-11)18(2)3)17-15(19)20-12-7-5-4-6-8-12/h4-10H,1-3H3,(H,17,19). The van der Waals surface area contributed by atoms with Crippen LogP contribution in [0.4, 0.5) is 16.3 Å². The van der Waals surface area contributed by atoms with Crippen molar-refractivity contribution in [2.75, 3.05) is 24.3 Å². The molecule has 0 saturated carbocycles. The fourth-order valence-electron chi connectivity index (χ4n) is 1.66. The lowest BCUT2D eigenvalue weighted by Crippen LogP contribution is -2.18. The molecule has 5 nitrogen and oxygen atoms in total. The summed E-state index contributed by atoms with van der Waals surface area (Å²) in [5.41, 5.74) is 1.37. The lowest BCUT2D eigenvalue weighted by Gasteiger charge is -2.14. The van der Waals surface area contributed by atoms with Gasteiger partial charge >= 0.3 is 6.09 Å². The predicted octanol–water partition coefficient (Wildman–Crippen LogP) is 3.07. The number of benzene rings is 1. The zero-order valence-electron chi connectivity index (χ0n) is 11.8. The maximum Gasteiger partial charge on any atom is 0.417 e. The van der Waals surface area contributed by atoms with Crippen molar-refractivity contribution in [3.8, 4) is 5.75 Å². The molecular formula is C15H17N3O2. The second kappa shape index (κ2) is 6.06. The summed E-state index contributed by atoms with van der Waals surface area (Å²) in [6.07, 6.45) is -0.529. The number of nitrogens with one attached hydrogen (secondary N) is 1. The number of rotatable bonds is 3. The van der Waals surface area contributed by atoms with Crippen LogP contribution in [0.5, 0.6) is 5.75 Å². The van der Waals surface area contributed by atoms with E-state index in [1.807, 2.05) is 44.1 Å². The van der Waals surface area contributed by atoms with Gasteiger partial charge < -0.3 is 9.64 Å². The van der Waals surface area contributed by atoms with E-state index >= 15 is 0 Å². The molecule has 0 aliphatic heterocycles. The highest BCUT2D eigenvalue weighted by Crippen LogP contribution is 2.18. The molecule has 20 heavy (non-hydrogen) atoms. The van der Waals surface area contributed by atoms with Gasteiger partial charge in [-0.1, -0.05) is 18.2 Å². The molecule has 0 bridgehead atoms. The molecule has 0 radical (unpaired) electrons. The summed E-state index contributed by atoms with van der Waals surface area (Å²) >= 11 is 0. The lowest BCUT2D eigenvalue weighted by atomic mass is 10.3. The van der Waals surface area contributed by atoms with E-state index in [4.69, 9.17) is 4.74 Å². The van der Waals surface area contributed by atoms with Gasteiger partial charge in [0.2, 0.25) is 0 Å². The van der Waals surface area contributed by atoms with Gasteiger partial charge in [-0.3, -0.25) is 5.32 Å². The van der Waals surface area contributed by atoms with Crippen LogP contribution in [0.15, 0.2) is 42.5 Å². The normalized spacial score (nSPS) is 9.95. The molecule has 0 unspecified atom stereocenters. The number of para-hydroxylation sites is 1. The molecular weight excluding hydrogens is 254 g/mol. The minimum absolute atomic E-state index is 0.500. The number of hydrogen-bond donors (Lipinski definition) is 1. The summed E-state index contributed by atoms with van der Waals surface area (Å²) in [5, 5.41) is 2.68. The van der Waals surface area contributed by atoms with Crippen LogP contribution in [-0.2, 0) is 0 Å². The molecule has 1 N–H and O–H groups in total. The summed E-state index contributed by atoms with van der Waals surface area (Å²) in [5.74, 6) is 1.34. The Hall–Kier alpha value is -2.56. The first-order valence-electron chi connectivity index (χ1n) is 6.25. The number of anilines is 2. The molecule has 2 rings (SSSR count). The highest BCUT2D eigenvalue weighted by molar-refractivity contribution is 5.87. The maximum absolute atomic E-state index is 11.8. The van der Waals surface area contributed by atoms with E-state index in [-0.39, 0.29) is 0 Å². The number of nitrogens with zero attached hydrogens (tertiary/aromatic N) is 2. The summed E-state index contributed by atoms with van der Waals surface area (Å²) in [6, 6.07) is 12.6. The Morgan fingerprint density at radius 3 is 2.45 bits per heavy atom. The molecule has 5 heteroatoms. The third-order valence-corrected chi connectivity index (χ3v) is 2.72. The van der Waals surface area contributed by atoms with Gasteiger partial charge in [0, 0.05) is 14.1 Å². The minimum atomic E-state index is -0.529. The van der Waals surface area contributed by atoms with Gasteiger partial charge in [-0.15, -0.1) is 0 Å². The van der Waals surface area contributed by atoms with Gasteiger partial charge in [-0.25, -0.2) is 9.78 Å². The minimum Gasteiger partial charge on any atom is -0.410 e. The van der Waals surface area contributed by atoms with Crippen molar-refractivity contribution in [1.82, 2.24) is 4.98 Å². The van der Waals surface area contributed by atoms with E-state index in [0.717, 1.165) is 11.5 Å². The smallest absolute Gasteiger partial charge is 0.410 e. The maximum atomic E-state index is 11.8. The van der Waals surface area contributed by atoms with Crippen LogP contribution in [0, 0.1) is 6.92 Å². The van der Waals surface area contributed by atoms with Crippen molar-refractivity contribution in [2.24, 2.45) is 0 Å². The van der Waals surface area contributed by atoms with Gasteiger partial charge in [-0.05, 0) is 31.2 Å². The summed E-state index contributed by atoms with van der Waals surface area (Å²) in [7, 11) is 3.83. The van der Waals surface area contributed by atoms with Crippen molar-refractivity contribution < 1.29 is 9.53 Å². The van der Waals surface area contributed by atoms with Crippen LogP contribution in [0.3, 0.4) is 0 Å². The van der Waals surface area contributed by atoms with Crippen molar-refractivity contribution in [1.29, 1.82) is 0 Å². The molecule has 0 atom stereocenters. The molecule has 0 saturated heterocycles. The second-order valence-electron chi connectivity index (χ2n) is 4.52. The number of carbonyl (C=O) groups excluding carboxylic acids is 1. The Bertz CT molecular complexity index is 597. The van der Waals surface area contributed by atoms with Crippen molar-refractivity contribution in [3.63, 3.8) is 0 Å². The topological polar surface area (TPSA) is 54.5 Å². The zero-order valence-corrected chi connectivity index (χ0v) is 11.8. The quantitative estimate of drug-likeness (QED) is 0.932. The van der Waals surface area contributed by atoms with E-state index in [1.54, 1.807) is 24.3 Å². The monoisotopic (exact) mass is 271 g/mol. The van der Waals surface area contributed by atoms with Gasteiger partial charge in [0.05, 0.1) is 11.4 Å². The third kappa shape index (κ3) is 3.47. The number of pyridine rings is 1. The summed E-state index contributed by atoms with van der Waals surface area (Å²) in [4.78, 5) is 18.1. The highest BCUT2D eigenvalue weighted by atomic mass is 16.6. The van der Waals surface area contributed by atoms with Crippen LogP contribution in [0.1, 0.15) is 5.69 Å². The fraction of sp³-hybridized carbons (Fsp3) is 0.200. The summed E-state index contributed by atoms with van der Waals surface area (Å²) < 4.78 is 5.16. The van der Waals surface area contributed by atoms with Crippen LogP contribution in [-0.4, -0.2) is 25.2 Å². The zero-order chi connectivity index (χ0) is 14.5. The predicted molar refractivity (Wildman–Crippen MR) is 79.4 cm³/mol. The van der Waals surface area contributed by atoms with E-state index in [1.165, 1.54) is 0 Å². The Morgan fingerprint density at radius 2 is 1.85 bits per heavy atom. The molecule has 0 aliphatic carbocycles. The van der Waals surface area contributed by atoms with Crippen LogP contribution in [0.25, 0.3) is 0 Å². The first-order valence-corrected chi connectivity index (χ1v) is 6.25. The Kier molecular flexibility index (Phi) is 4.20. The number of aromatic nitrogens is 1. The van der Waals surface area contributed by atoms with Gasteiger partial charge in [-0.2, -0.15) is 0 Å². The van der Waals surface area contributed by atoms with E-state index in [2.05, 4.69) is 10.3 Å². The number of ether oxygens (including phenoxy) is 1. The van der Waals surface area contributed by atoms with E-state index < -0.39 is 6.09 Å². The van der Waals surface area contributed by atoms with Gasteiger partial charge in [0.15, 0.2) is 0 Å². The average molecular weight is 271 g/mol. The SMILES string of the molecule is Cc1nc(N(C)C)ccc1NC(=O)Oc1ccccc1. The van der Waals surface area contributed by atoms with Crippen molar-refractivity contribution in [3.05, 3.63) is 48.2 Å². The number of amides is 1. The van der Waals surface area contributed by atoms with Crippen molar-refractivity contribution >= 4 is 17.6 Å². The van der Waals surface area contributed by atoms with Crippen LogP contribution >= 0.6 is 0 Å². The molecule has 0 spiro atoms. The summed E-state index contributed by atoms with van der Waals surface area (Å²) in [6.45, 7) is 1.84.